The number of nitrogens with two attached hydrogens (primary N) is 1. The highest BCUT2D eigenvalue weighted by molar-refractivity contribution is 5.86. The fraction of sp³-hybridized carbons (Fsp3) is 0.588. The lowest BCUT2D eigenvalue weighted by molar-refractivity contribution is -0.128. The van der Waals surface area contributed by atoms with Gasteiger partial charge in [-0.05, 0) is 42.9 Å². The first-order valence-corrected chi connectivity index (χ1v) is 7.73. The predicted octanol–water partition coefficient (Wildman–Crippen LogP) is 2.26. The fourth-order valence-electron chi connectivity index (χ4n) is 3.09. The molecule has 1 aromatic carbocycles. The lowest BCUT2D eigenvalue weighted by atomic mass is 9.76. The van der Waals surface area contributed by atoms with E-state index in [9.17, 15) is 4.79 Å². The van der Waals surface area contributed by atoms with Crippen LogP contribution in [0.3, 0.4) is 0 Å². The van der Waals surface area contributed by atoms with Crippen LogP contribution in [0, 0.1) is 5.92 Å². The molecule has 2 atom stereocenters. The van der Waals surface area contributed by atoms with E-state index < -0.39 is 5.54 Å². The number of hydrogen-bond donors (Lipinski definition) is 2. The molecule has 2 unspecified atom stereocenters. The number of ether oxygens (including phenoxy) is 1. The number of hydrogen-bond acceptors (Lipinski definition) is 3. The van der Waals surface area contributed by atoms with Gasteiger partial charge in [0, 0.05) is 6.54 Å². The van der Waals surface area contributed by atoms with Crippen molar-refractivity contribution in [1.82, 2.24) is 5.32 Å². The fourth-order valence-corrected chi connectivity index (χ4v) is 3.09. The predicted molar refractivity (Wildman–Crippen MR) is 84.3 cm³/mol. The molecule has 1 aliphatic carbocycles. The summed E-state index contributed by atoms with van der Waals surface area (Å²) in [6.07, 6.45) is 4.62. The molecule has 0 aliphatic heterocycles. The van der Waals surface area contributed by atoms with Gasteiger partial charge in [-0.15, -0.1) is 0 Å². The first-order chi connectivity index (χ1) is 10.0. The molecular formula is C17H26N2O2. The number of carbonyl (C=O) groups excluding carboxylic acids is 1. The lowest BCUT2D eigenvalue weighted by Crippen LogP contribution is -2.56. The Hall–Kier alpha value is -1.55. The largest absolute Gasteiger partial charge is 0.497 e. The van der Waals surface area contributed by atoms with Gasteiger partial charge >= 0.3 is 0 Å². The van der Waals surface area contributed by atoms with Gasteiger partial charge in [0.2, 0.25) is 5.91 Å². The SMILES string of the molecule is COc1ccc(CCNC(=O)C2(N)CCCC(C)C2)cc1. The quantitative estimate of drug-likeness (QED) is 0.874. The van der Waals surface area contributed by atoms with Crippen LogP contribution < -0.4 is 15.8 Å². The van der Waals surface area contributed by atoms with Gasteiger partial charge in [-0.2, -0.15) is 0 Å². The number of carbonyl (C=O) groups is 1. The molecule has 1 aromatic rings. The molecule has 0 bridgehead atoms. The minimum atomic E-state index is -0.669. The van der Waals surface area contributed by atoms with Crippen LogP contribution in [0.15, 0.2) is 24.3 Å². The molecular weight excluding hydrogens is 264 g/mol. The first-order valence-electron chi connectivity index (χ1n) is 7.73. The van der Waals surface area contributed by atoms with Crippen LogP contribution in [-0.2, 0) is 11.2 Å². The second-order valence-corrected chi connectivity index (χ2v) is 6.21. The summed E-state index contributed by atoms with van der Waals surface area (Å²) in [5, 5.41) is 3.00. The number of nitrogens with one attached hydrogen (secondary N) is 1. The average molecular weight is 290 g/mol. The number of benzene rings is 1. The topological polar surface area (TPSA) is 64.3 Å². The van der Waals surface area contributed by atoms with Crippen molar-refractivity contribution in [3.63, 3.8) is 0 Å². The van der Waals surface area contributed by atoms with Gasteiger partial charge in [0.25, 0.3) is 0 Å². The van der Waals surface area contributed by atoms with Crippen LogP contribution in [-0.4, -0.2) is 25.1 Å². The van der Waals surface area contributed by atoms with E-state index in [0.29, 0.717) is 12.5 Å². The van der Waals surface area contributed by atoms with E-state index in [1.165, 1.54) is 12.0 Å². The molecule has 0 aromatic heterocycles. The van der Waals surface area contributed by atoms with Crippen LogP contribution in [0.5, 0.6) is 5.75 Å². The van der Waals surface area contributed by atoms with Crippen LogP contribution in [0.25, 0.3) is 0 Å². The summed E-state index contributed by atoms with van der Waals surface area (Å²) in [6, 6.07) is 7.91. The van der Waals surface area contributed by atoms with Gasteiger partial charge in [0.1, 0.15) is 5.75 Å². The summed E-state index contributed by atoms with van der Waals surface area (Å²) < 4.78 is 5.13. The smallest absolute Gasteiger partial charge is 0.240 e. The Bertz CT molecular complexity index is 472. The summed E-state index contributed by atoms with van der Waals surface area (Å²) in [4.78, 5) is 12.3. The second-order valence-electron chi connectivity index (χ2n) is 6.21. The van der Waals surface area contributed by atoms with E-state index in [2.05, 4.69) is 12.2 Å². The van der Waals surface area contributed by atoms with Crippen LogP contribution >= 0.6 is 0 Å². The van der Waals surface area contributed by atoms with E-state index in [1.54, 1.807) is 7.11 Å². The van der Waals surface area contributed by atoms with E-state index >= 15 is 0 Å². The van der Waals surface area contributed by atoms with E-state index in [-0.39, 0.29) is 5.91 Å². The van der Waals surface area contributed by atoms with Crippen LogP contribution in [0.2, 0.25) is 0 Å². The maximum absolute atomic E-state index is 12.3. The Morgan fingerprint density at radius 2 is 2.14 bits per heavy atom. The van der Waals surface area contributed by atoms with Crippen molar-refractivity contribution in [2.45, 2.75) is 44.6 Å². The third kappa shape index (κ3) is 4.21. The highest BCUT2D eigenvalue weighted by atomic mass is 16.5. The molecule has 0 spiro atoms. The van der Waals surface area contributed by atoms with E-state index in [0.717, 1.165) is 31.4 Å². The highest BCUT2D eigenvalue weighted by Gasteiger charge is 2.37. The number of amides is 1. The van der Waals surface area contributed by atoms with Crippen molar-refractivity contribution in [1.29, 1.82) is 0 Å². The van der Waals surface area contributed by atoms with Gasteiger partial charge in [-0.25, -0.2) is 0 Å². The zero-order valence-electron chi connectivity index (χ0n) is 13.0. The van der Waals surface area contributed by atoms with Crippen LogP contribution in [0.1, 0.15) is 38.2 Å². The Labute approximate surface area is 127 Å². The molecule has 1 saturated carbocycles. The van der Waals surface area contributed by atoms with E-state index in [1.807, 2.05) is 24.3 Å². The molecule has 0 heterocycles. The van der Waals surface area contributed by atoms with Crippen molar-refractivity contribution in [3.8, 4) is 5.75 Å². The lowest BCUT2D eigenvalue weighted by Gasteiger charge is -2.35. The molecule has 1 aliphatic rings. The monoisotopic (exact) mass is 290 g/mol. The normalized spacial score (nSPS) is 25.4. The van der Waals surface area contributed by atoms with Gasteiger partial charge in [0.15, 0.2) is 0 Å². The number of methoxy groups -OCH3 is 1. The standard InChI is InChI=1S/C17H26N2O2/c1-13-4-3-10-17(18,12-13)16(20)19-11-9-14-5-7-15(21-2)8-6-14/h5-8,13H,3-4,9-12,18H2,1-2H3,(H,19,20). The molecule has 0 radical (unpaired) electrons. The van der Waals surface area contributed by atoms with Gasteiger partial charge in [0.05, 0.1) is 12.6 Å². The zero-order chi connectivity index (χ0) is 15.3. The summed E-state index contributed by atoms with van der Waals surface area (Å²) in [5.41, 5.74) is 6.79. The van der Waals surface area contributed by atoms with Crippen molar-refractivity contribution in [2.24, 2.45) is 11.7 Å². The molecule has 0 saturated heterocycles. The Balaban J connectivity index is 1.80. The average Bonchev–Trinajstić information content (AvgIpc) is 2.47. The van der Waals surface area contributed by atoms with Gasteiger partial charge < -0.3 is 15.8 Å². The Kier molecular flexibility index (Phi) is 5.23. The molecule has 4 heteroatoms. The first kappa shape index (κ1) is 15.8. The van der Waals surface area contributed by atoms with Gasteiger partial charge in [-0.3, -0.25) is 4.79 Å². The molecule has 1 fully saturated rings. The van der Waals surface area contributed by atoms with Crippen molar-refractivity contribution >= 4 is 5.91 Å². The molecule has 3 N–H and O–H groups in total. The van der Waals surface area contributed by atoms with Gasteiger partial charge in [-0.1, -0.05) is 31.9 Å². The number of rotatable bonds is 5. The van der Waals surface area contributed by atoms with Crippen molar-refractivity contribution in [2.75, 3.05) is 13.7 Å². The molecule has 21 heavy (non-hydrogen) atoms. The zero-order valence-corrected chi connectivity index (χ0v) is 13.0. The Morgan fingerprint density at radius 1 is 1.43 bits per heavy atom. The third-order valence-electron chi connectivity index (χ3n) is 4.34. The third-order valence-corrected chi connectivity index (χ3v) is 4.34. The maximum Gasteiger partial charge on any atom is 0.240 e. The highest BCUT2D eigenvalue weighted by Crippen LogP contribution is 2.30. The van der Waals surface area contributed by atoms with Crippen molar-refractivity contribution in [3.05, 3.63) is 29.8 Å². The summed E-state index contributed by atoms with van der Waals surface area (Å²) in [6.45, 7) is 2.80. The summed E-state index contributed by atoms with van der Waals surface area (Å²) in [7, 11) is 1.65. The molecule has 116 valence electrons. The van der Waals surface area contributed by atoms with E-state index in [4.69, 9.17) is 10.5 Å². The van der Waals surface area contributed by atoms with Crippen LogP contribution in [0.4, 0.5) is 0 Å². The van der Waals surface area contributed by atoms with Crippen molar-refractivity contribution < 1.29 is 9.53 Å². The minimum absolute atomic E-state index is 0.00237. The summed E-state index contributed by atoms with van der Waals surface area (Å²) >= 11 is 0. The minimum Gasteiger partial charge on any atom is -0.497 e. The second kappa shape index (κ2) is 6.94. The summed E-state index contributed by atoms with van der Waals surface area (Å²) in [5.74, 6) is 1.39. The molecule has 2 rings (SSSR count). The molecule has 1 amide bonds. The maximum atomic E-state index is 12.3. The molecule has 4 nitrogen and oxygen atoms in total. The Morgan fingerprint density at radius 3 is 2.76 bits per heavy atom.